The number of nitrogens with two attached hydrogens (primary N) is 1. The van der Waals surface area contributed by atoms with Gasteiger partial charge < -0.3 is 20.7 Å². The molecule has 3 N–H and O–H groups in total. The SMILES string of the molecule is Nc1ccnc(N2CCC(NC(=O)[C@@H]3CCCO3)(c3ccccc3)CC2)c1. The van der Waals surface area contributed by atoms with Gasteiger partial charge in [-0.25, -0.2) is 4.98 Å². The van der Waals surface area contributed by atoms with E-state index in [-0.39, 0.29) is 17.6 Å². The van der Waals surface area contributed by atoms with Crippen molar-refractivity contribution in [1.82, 2.24) is 10.3 Å². The van der Waals surface area contributed by atoms with Crippen molar-refractivity contribution < 1.29 is 9.53 Å². The van der Waals surface area contributed by atoms with Gasteiger partial charge in [0.2, 0.25) is 5.91 Å². The third kappa shape index (κ3) is 3.76. The van der Waals surface area contributed by atoms with Gasteiger partial charge in [-0.3, -0.25) is 4.79 Å². The van der Waals surface area contributed by atoms with E-state index in [0.29, 0.717) is 12.3 Å². The van der Waals surface area contributed by atoms with Crippen LogP contribution >= 0.6 is 0 Å². The first-order valence-electron chi connectivity index (χ1n) is 9.62. The number of nitrogen functional groups attached to an aromatic ring is 1. The molecule has 3 heterocycles. The first kappa shape index (κ1) is 17.8. The smallest absolute Gasteiger partial charge is 0.249 e. The standard InChI is InChI=1S/C21H26N4O2/c22-17-8-11-23-19(15-17)25-12-9-21(10-13-25,16-5-2-1-3-6-16)24-20(26)18-7-4-14-27-18/h1-3,5-6,8,11,15,18H,4,7,9-10,12-14H2,(H2,22,23)(H,24,26)/t18-/m0/s1. The van der Waals surface area contributed by atoms with Gasteiger partial charge in [-0.2, -0.15) is 0 Å². The van der Waals surface area contributed by atoms with Crippen LogP contribution in [0.25, 0.3) is 0 Å². The van der Waals surface area contributed by atoms with Crippen LogP contribution < -0.4 is 16.0 Å². The van der Waals surface area contributed by atoms with Crippen LogP contribution in [0.4, 0.5) is 11.5 Å². The van der Waals surface area contributed by atoms with Gasteiger partial charge in [-0.05, 0) is 37.3 Å². The van der Waals surface area contributed by atoms with Crippen molar-refractivity contribution in [3.8, 4) is 0 Å². The molecule has 27 heavy (non-hydrogen) atoms. The number of amides is 1. The van der Waals surface area contributed by atoms with Crippen molar-refractivity contribution in [2.24, 2.45) is 0 Å². The summed E-state index contributed by atoms with van der Waals surface area (Å²) in [5.74, 6) is 0.897. The third-order valence-corrected chi connectivity index (χ3v) is 5.62. The molecular formula is C21H26N4O2. The maximum atomic E-state index is 12.8. The fourth-order valence-corrected chi connectivity index (χ4v) is 4.07. The van der Waals surface area contributed by atoms with E-state index in [1.54, 1.807) is 12.3 Å². The Morgan fingerprint density at radius 2 is 2.00 bits per heavy atom. The van der Waals surface area contributed by atoms with Crippen LogP contribution in [-0.2, 0) is 15.1 Å². The number of hydrogen-bond acceptors (Lipinski definition) is 5. The summed E-state index contributed by atoms with van der Waals surface area (Å²) in [4.78, 5) is 19.5. The molecule has 4 rings (SSSR count). The van der Waals surface area contributed by atoms with Gasteiger partial charge in [0.25, 0.3) is 0 Å². The predicted octanol–water partition coefficient (Wildman–Crippen LogP) is 2.45. The molecule has 0 aliphatic carbocycles. The highest BCUT2D eigenvalue weighted by molar-refractivity contribution is 5.82. The number of anilines is 2. The van der Waals surface area contributed by atoms with Crippen LogP contribution in [0.3, 0.4) is 0 Å². The van der Waals surface area contributed by atoms with Crippen LogP contribution in [0, 0.1) is 0 Å². The van der Waals surface area contributed by atoms with E-state index >= 15 is 0 Å². The second-order valence-corrected chi connectivity index (χ2v) is 7.37. The Hall–Kier alpha value is -2.60. The van der Waals surface area contributed by atoms with Crippen LogP contribution in [0.2, 0.25) is 0 Å². The Labute approximate surface area is 159 Å². The second kappa shape index (κ2) is 7.56. The molecule has 0 bridgehead atoms. The second-order valence-electron chi connectivity index (χ2n) is 7.37. The number of aromatic nitrogens is 1. The number of nitrogens with one attached hydrogen (secondary N) is 1. The number of pyridine rings is 1. The lowest BCUT2D eigenvalue weighted by molar-refractivity contribution is -0.132. The van der Waals surface area contributed by atoms with Crippen molar-refractivity contribution >= 4 is 17.4 Å². The number of hydrogen-bond donors (Lipinski definition) is 2. The van der Waals surface area contributed by atoms with Crippen LogP contribution in [0.15, 0.2) is 48.7 Å². The van der Waals surface area contributed by atoms with Crippen molar-refractivity contribution in [2.45, 2.75) is 37.3 Å². The average Bonchev–Trinajstić information content (AvgIpc) is 3.24. The predicted molar refractivity (Wildman–Crippen MR) is 105 cm³/mol. The number of rotatable bonds is 4. The van der Waals surface area contributed by atoms with Gasteiger partial charge in [0.15, 0.2) is 0 Å². The molecule has 1 atom stereocenters. The monoisotopic (exact) mass is 366 g/mol. The van der Waals surface area contributed by atoms with Crippen molar-refractivity contribution in [1.29, 1.82) is 0 Å². The number of ether oxygens (including phenoxy) is 1. The lowest BCUT2D eigenvalue weighted by Gasteiger charge is -2.43. The minimum absolute atomic E-state index is 0.00637. The fourth-order valence-electron chi connectivity index (χ4n) is 4.07. The molecule has 2 saturated heterocycles. The largest absolute Gasteiger partial charge is 0.399 e. The molecule has 1 aromatic carbocycles. The summed E-state index contributed by atoms with van der Waals surface area (Å²) in [5, 5.41) is 3.34. The topological polar surface area (TPSA) is 80.5 Å². The van der Waals surface area contributed by atoms with Gasteiger partial charge >= 0.3 is 0 Å². The van der Waals surface area contributed by atoms with E-state index in [1.165, 1.54) is 0 Å². The lowest BCUT2D eigenvalue weighted by Crippen LogP contribution is -2.55. The normalized spacial score (nSPS) is 21.8. The molecule has 2 aromatic rings. The van der Waals surface area contributed by atoms with Gasteiger partial charge in [0.1, 0.15) is 11.9 Å². The summed E-state index contributed by atoms with van der Waals surface area (Å²) < 4.78 is 5.59. The van der Waals surface area contributed by atoms with Crippen molar-refractivity contribution in [2.75, 3.05) is 30.3 Å². The molecule has 2 fully saturated rings. The van der Waals surface area contributed by atoms with E-state index in [0.717, 1.165) is 50.2 Å². The van der Waals surface area contributed by atoms with E-state index in [4.69, 9.17) is 10.5 Å². The molecule has 1 aromatic heterocycles. The number of carbonyl (C=O) groups excluding carboxylic acids is 1. The summed E-state index contributed by atoms with van der Waals surface area (Å²) in [6.07, 6.45) is 4.79. The average molecular weight is 366 g/mol. The van der Waals surface area contributed by atoms with E-state index in [1.807, 2.05) is 24.3 Å². The molecular weight excluding hydrogens is 340 g/mol. The van der Waals surface area contributed by atoms with E-state index in [2.05, 4.69) is 27.3 Å². The highest BCUT2D eigenvalue weighted by Gasteiger charge is 2.39. The Kier molecular flexibility index (Phi) is 4.99. The van der Waals surface area contributed by atoms with Gasteiger partial charge in [0, 0.05) is 37.6 Å². The molecule has 6 heteroatoms. The van der Waals surface area contributed by atoms with Crippen LogP contribution in [-0.4, -0.2) is 36.7 Å². The summed E-state index contributed by atoms with van der Waals surface area (Å²) in [6, 6.07) is 14.0. The van der Waals surface area contributed by atoms with Gasteiger partial charge in [-0.1, -0.05) is 30.3 Å². The minimum Gasteiger partial charge on any atom is -0.399 e. The van der Waals surface area contributed by atoms with Crippen molar-refractivity contribution in [3.63, 3.8) is 0 Å². The van der Waals surface area contributed by atoms with Crippen LogP contribution in [0.5, 0.6) is 0 Å². The molecule has 0 radical (unpaired) electrons. The molecule has 6 nitrogen and oxygen atoms in total. The molecule has 0 saturated carbocycles. The van der Waals surface area contributed by atoms with Crippen LogP contribution in [0.1, 0.15) is 31.2 Å². The Morgan fingerprint density at radius 1 is 1.22 bits per heavy atom. The highest BCUT2D eigenvalue weighted by Crippen LogP contribution is 2.35. The van der Waals surface area contributed by atoms with Gasteiger partial charge in [-0.15, -0.1) is 0 Å². The Morgan fingerprint density at radius 3 is 2.67 bits per heavy atom. The highest BCUT2D eigenvalue weighted by atomic mass is 16.5. The molecule has 0 unspecified atom stereocenters. The molecule has 1 amide bonds. The first-order valence-corrected chi connectivity index (χ1v) is 9.62. The number of nitrogens with zero attached hydrogens (tertiary/aromatic N) is 2. The molecule has 142 valence electrons. The number of carbonyl (C=O) groups is 1. The quantitative estimate of drug-likeness (QED) is 0.869. The zero-order valence-electron chi connectivity index (χ0n) is 15.4. The van der Waals surface area contributed by atoms with Crippen molar-refractivity contribution in [3.05, 3.63) is 54.2 Å². The number of benzene rings is 1. The van der Waals surface area contributed by atoms with E-state index in [9.17, 15) is 4.79 Å². The maximum absolute atomic E-state index is 12.8. The third-order valence-electron chi connectivity index (χ3n) is 5.62. The van der Waals surface area contributed by atoms with Gasteiger partial charge in [0.05, 0.1) is 5.54 Å². The summed E-state index contributed by atoms with van der Waals surface area (Å²) >= 11 is 0. The Bertz CT molecular complexity index is 782. The fraction of sp³-hybridized carbons (Fsp3) is 0.429. The zero-order valence-corrected chi connectivity index (χ0v) is 15.4. The number of piperidine rings is 1. The van der Waals surface area contributed by atoms with E-state index < -0.39 is 0 Å². The Balaban J connectivity index is 1.54. The zero-order chi connectivity index (χ0) is 18.7. The summed E-state index contributed by atoms with van der Waals surface area (Å²) in [5.41, 5.74) is 7.40. The lowest BCUT2D eigenvalue weighted by atomic mass is 9.80. The minimum atomic E-state index is -0.374. The summed E-state index contributed by atoms with van der Waals surface area (Å²) in [7, 11) is 0. The maximum Gasteiger partial charge on any atom is 0.249 e. The molecule has 2 aliphatic rings. The molecule has 2 aliphatic heterocycles. The first-order chi connectivity index (χ1) is 13.2. The summed E-state index contributed by atoms with van der Waals surface area (Å²) in [6.45, 7) is 2.28. The molecule has 0 spiro atoms.